The topological polar surface area (TPSA) is 72.7 Å². The van der Waals surface area contributed by atoms with Crippen LogP contribution >= 0.6 is 31.9 Å². The Bertz CT molecular complexity index is 658. The van der Waals surface area contributed by atoms with Crippen molar-refractivity contribution < 1.29 is 15.3 Å². The van der Waals surface area contributed by atoms with Crippen molar-refractivity contribution in [3.63, 3.8) is 0 Å². The van der Waals surface area contributed by atoms with Gasteiger partial charge in [0.1, 0.15) is 11.5 Å². The molecule has 0 saturated carbocycles. The number of rotatable bonds is 3. The standard InChI is InChI=1S/C15H15Br2NO3/c1-15(2,21)10-7-9(19)3-4-13(10)18-8-5-11(16)14(20)12(17)6-8/h3-7,18-21H,1-2H3. The van der Waals surface area contributed by atoms with Crippen molar-refractivity contribution in [3.05, 3.63) is 44.8 Å². The number of hydrogen-bond donors (Lipinski definition) is 4. The summed E-state index contributed by atoms with van der Waals surface area (Å²) < 4.78 is 1.09. The Kier molecular flexibility index (Phi) is 4.51. The lowest BCUT2D eigenvalue weighted by Gasteiger charge is -2.23. The first-order chi connectivity index (χ1) is 9.68. The van der Waals surface area contributed by atoms with E-state index >= 15 is 0 Å². The molecule has 4 nitrogen and oxygen atoms in total. The molecule has 0 bridgehead atoms. The minimum atomic E-state index is -1.10. The molecule has 2 rings (SSSR count). The Labute approximate surface area is 139 Å². The van der Waals surface area contributed by atoms with Crippen molar-refractivity contribution in [1.82, 2.24) is 0 Å². The van der Waals surface area contributed by atoms with Crippen molar-refractivity contribution in [2.24, 2.45) is 0 Å². The molecule has 4 N–H and O–H groups in total. The maximum absolute atomic E-state index is 10.2. The van der Waals surface area contributed by atoms with Gasteiger partial charge >= 0.3 is 0 Å². The summed E-state index contributed by atoms with van der Waals surface area (Å²) in [4.78, 5) is 0. The summed E-state index contributed by atoms with van der Waals surface area (Å²) >= 11 is 6.54. The summed E-state index contributed by atoms with van der Waals surface area (Å²) in [5, 5.41) is 32.7. The molecule has 2 aromatic carbocycles. The average molecular weight is 417 g/mol. The number of anilines is 2. The molecule has 0 aromatic heterocycles. The summed E-state index contributed by atoms with van der Waals surface area (Å²) in [6.07, 6.45) is 0. The fourth-order valence-electron chi connectivity index (χ4n) is 1.94. The van der Waals surface area contributed by atoms with Crippen LogP contribution in [0.15, 0.2) is 39.3 Å². The summed E-state index contributed by atoms with van der Waals surface area (Å²) in [5.74, 6) is 0.208. The number of aliphatic hydroxyl groups is 1. The van der Waals surface area contributed by atoms with Gasteiger partial charge in [-0.1, -0.05) is 0 Å². The summed E-state index contributed by atoms with van der Waals surface area (Å²) in [6, 6.07) is 8.20. The van der Waals surface area contributed by atoms with Crippen LogP contribution in [0.25, 0.3) is 0 Å². The van der Waals surface area contributed by atoms with E-state index in [0.717, 1.165) is 5.69 Å². The molecular weight excluding hydrogens is 402 g/mol. The van der Waals surface area contributed by atoms with Gasteiger partial charge in [0.05, 0.1) is 14.5 Å². The molecule has 0 aliphatic carbocycles. The third kappa shape index (κ3) is 3.70. The minimum absolute atomic E-state index is 0.0887. The van der Waals surface area contributed by atoms with Gasteiger partial charge in [-0.05, 0) is 76.0 Å². The second-order valence-corrected chi connectivity index (χ2v) is 6.91. The molecule has 0 heterocycles. The normalized spacial score (nSPS) is 11.5. The van der Waals surface area contributed by atoms with Crippen LogP contribution in [-0.2, 0) is 5.60 Å². The molecular formula is C15H15Br2NO3. The van der Waals surface area contributed by atoms with E-state index < -0.39 is 5.60 Å². The lowest BCUT2D eigenvalue weighted by atomic mass is 9.96. The SMILES string of the molecule is CC(C)(O)c1cc(O)ccc1Nc1cc(Br)c(O)c(Br)c1. The molecule has 0 amide bonds. The van der Waals surface area contributed by atoms with Gasteiger partial charge in [-0.25, -0.2) is 0 Å². The van der Waals surface area contributed by atoms with Gasteiger partial charge in [-0.15, -0.1) is 0 Å². The lowest BCUT2D eigenvalue weighted by Crippen LogP contribution is -2.17. The van der Waals surface area contributed by atoms with E-state index in [-0.39, 0.29) is 11.5 Å². The monoisotopic (exact) mass is 415 g/mol. The van der Waals surface area contributed by atoms with E-state index in [9.17, 15) is 15.3 Å². The van der Waals surface area contributed by atoms with Gasteiger partial charge in [0.25, 0.3) is 0 Å². The number of phenols is 2. The summed E-state index contributed by atoms with van der Waals surface area (Å²) in [6.45, 7) is 3.30. The van der Waals surface area contributed by atoms with E-state index in [4.69, 9.17) is 0 Å². The second-order valence-electron chi connectivity index (χ2n) is 5.20. The lowest BCUT2D eigenvalue weighted by molar-refractivity contribution is 0.0791. The molecule has 2 aromatic rings. The van der Waals surface area contributed by atoms with Gasteiger partial charge in [0, 0.05) is 16.9 Å². The molecule has 0 spiro atoms. The van der Waals surface area contributed by atoms with E-state index in [1.165, 1.54) is 6.07 Å². The predicted octanol–water partition coefficient (Wildman–Crippen LogP) is 4.59. The maximum atomic E-state index is 10.2. The van der Waals surface area contributed by atoms with Gasteiger partial charge in [0.2, 0.25) is 0 Å². The van der Waals surface area contributed by atoms with E-state index in [1.54, 1.807) is 38.1 Å². The Morgan fingerprint density at radius 3 is 2.10 bits per heavy atom. The predicted molar refractivity (Wildman–Crippen MR) is 90.1 cm³/mol. The molecule has 21 heavy (non-hydrogen) atoms. The fraction of sp³-hybridized carbons (Fsp3) is 0.200. The average Bonchev–Trinajstić information content (AvgIpc) is 2.37. The van der Waals surface area contributed by atoms with Crippen LogP contribution in [0.5, 0.6) is 11.5 Å². The third-order valence-corrected chi connectivity index (χ3v) is 4.17. The molecule has 0 saturated heterocycles. The largest absolute Gasteiger partial charge is 0.508 e. The summed E-state index contributed by atoms with van der Waals surface area (Å²) in [7, 11) is 0. The van der Waals surface area contributed by atoms with Crippen LogP contribution in [0.1, 0.15) is 19.4 Å². The molecule has 0 aliphatic heterocycles. The minimum Gasteiger partial charge on any atom is -0.508 e. The van der Waals surface area contributed by atoms with E-state index in [0.29, 0.717) is 20.2 Å². The first-order valence-electron chi connectivity index (χ1n) is 6.19. The number of aromatic hydroxyl groups is 2. The number of benzene rings is 2. The van der Waals surface area contributed by atoms with Crippen molar-refractivity contribution in [1.29, 1.82) is 0 Å². The Balaban J connectivity index is 2.45. The Hall–Kier alpha value is -1.24. The number of hydrogen-bond acceptors (Lipinski definition) is 4. The highest BCUT2D eigenvalue weighted by molar-refractivity contribution is 9.11. The highest BCUT2D eigenvalue weighted by Gasteiger charge is 2.21. The zero-order valence-electron chi connectivity index (χ0n) is 11.5. The second kappa shape index (κ2) is 5.87. The number of nitrogens with one attached hydrogen (secondary N) is 1. The van der Waals surface area contributed by atoms with E-state index in [2.05, 4.69) is 37.2 Å². The fourth-order valence-corrected chi connectivity index (χ4v) is 3.13. The molecule has 0 radical (unpaired) electrons. The van der Waals surface area contributed by atoms with Gasteiger partial charge in [-0.2, -0.15) is 0 Å². The van der Waals surface area contributed by atoms with Gasteiger partial charge in [-0.3, -0.25) is 0 Å². The van der Waals surface area contributed by atoms with Crippen LogP contribution in [0, 0.1) is 0 Å². The van der Waals surface area contributed by atoms with Crippen LogP contribution in [-0.4, -0.2) is 15.3 Å². The van der Waals surface area contributed by atoms with Crippen molar-refractivity contribution in [2.75, 3.05) is 5.32 Å². The molecule has 6 heteroatoms. The van der Waals surface area contributed by atoms with Crippen LogP contribution in [0.4, 0.5) is 11.4 Å². The first kappa shape index (κ1) is 16.1. The smallest absolute Gasteiger partial charge is 0.144 e. The molecule has 0 unspecified atom stereocenters. The zero-order valence-corrected chi connectivity index (χ0v) is 14.7. The third-order valence-electron chi connectivity index (χ3n) is 2.96. The highest BCUT2D eigenvalue weighted by atomic mass is 79.9. The maximum Gasteiger partial charge on any atom is 0.144 e. The molecule has 0 aliphatic rings. The van der Waals surface area contributed by atoms with Gasteiger partial charge in [0.15, 0.2) is 0 Å². The number of halogens is 2. The van der Waals surface area contributed by atoms with Crippen LogP contribution in [0.2, 0.25) is 0 Å². The highest BCUT2D eigenvalue weighted by Crippen LogP contribution is 2.38. The molecule has 0 fully saturated rings. The Morgan fingerprint density at radius 1 is 1.00 bits per heavy atom. The van der Waals surface area contributed by atoms with Crippen molar-refractivity contribution in [2.45, 2.75) is 19.4 Å². The van der Waals surface area contributed by atoms with Gasteiger partial charge < -0.3 is 20.6 Å². The molecule has 112 valence electrons. The van der Waals surface area contributed by atoms with Crippen molar-refractivity contribution >= 4 is 43.2 Å². The zero-order chi connectivity index (χ0) is 15.8. The molecule has 0 atom stereocenters. The summed E-state index contributed by atoms with van der Waals surface area (Å²) in [5.41, 5.74) is 0.863. The quantitative estimate of drug-likeness (QED) is 0.552. The van der Waals surface area contributed by atoms with Crippen molar-refractivity contribution in [3.8, 4) is 11.5 Å². The van der Waals surface area contributed by atoms with E-state index in [1.807, 2.05) is 0 Å². The van der Waals surface area contributed by atoms with Crippen LogP contribution < -0.4 is 5.32 Å². The van der Waals surface area contributed by atoms with Crippen LogP contribution in [0.3, 0.4) is 0 Å². The first-order valence-corrected chi connectivity index (χ1v) is 7.78. The number of phenolic OH excluding ortho intramolecular Hbond substituents is 2. The Morgan fingerprint density at radius 2 is 1.57 bits per heavy atom.